The lowest BCUT2D eigenvalue weighted by atomic mass is 10.1. The quantitative estimate of drug-likeness (QED) is 0.316. The molecule has 0 fully saturated rings. The predicted octanol–water partition coefficient (Wildman–Crippen LogP) is 4.24. The van der Waals surface area contributed by atoms with Crippen molar-refractivity contribution in [1.82, 2.24) is 4.90 Å². The van der Waals surface area contributed by atoms with Crippen LogP contribution in [0.15, 0.2) is 42.5 Å². The second-order valence-electron chi connectivity index (χ2n) is 6.66. The zero-order valence-corrected chi connectivity index (χ0v) is 17.7. The average Bonchev–Trinajstić information content (AvgIpc) is 2.76. The van der Waals surface area contributed by atoms with Gasteiger partial charge in [0.05, 0.1) is 18.6 Å². The zero-order chi connectivity index (χ0) is 21.9. The highest BCUT2D eigenvalue weighted by molar-refractivity contribution is 5.76. The maximum absolute atomic E-state index is 12.6. The molecule has 8 heteroatoms. The number of amides is 1. The van der Waals surface area contributed by atoms with Crippen molar-refractivity contribution in [2.45, 2.75) is 33.2 Å². The molecule has 2 aromatic rings. The maximum Gasteiger partial charge on any atom is 0.269 e. The van der Waals surface area contributed by atoms with Crippen molar-refractivity contribution < 1.29 is 19.2 Å². The number of ether oxygens (including phenoxy) is 2. The van der Waals surface area contributed by atoms with E-state index in [9.17, 15) is 14.9 Å². The fraction of sp³-hybridized carbons (Fsp3) is 0.409. The van der Waals surface area contributed by atoms with E-state index in [1.807, 2.05) is 32.0 Å². The third-order valence-corrected chi connectivity index (χ3v) is 4.61. The van der Waals surface area contributed by atoms with Crippen LogP contribution >= 0.6 is 0 Å². The number of nitro benzene ring substituents is 1. The van der Waals surface area contributed by atoms with Crippen molar-refractivity contribution in [1.29, 1.82) is 0 Å². The van der Waals surface area contributed by atoms with Crippen LogP contribution in [0.3, 0.4) is 0 Å². The largest absolute Gasteiger partial charge is 0.493 e. The lowest BCUT2D eigenvalue weighted by molar-refractivity contribution is -0.384. The lowest BCUT2D eigenvalue weighted by Crippen LogP contribution is -2.30. The van der Waals surface area contributed by atoms with Crippen molar-refractivity contribution >= 4 is 17.3 Å². The van der Waals surface area contributed by atoms with E-state index in [1.54, 1.807) is 24.1 Å². The molecular formula is C22H29N3O5. The van der Waals surface area contributed by atoms with Crippen LogP contribution in [0.4, 0.5) is 11.4 Å². The number of carbonyl (C=O) groups excluding carboxylic acids is 1. The molecule has 2 rings (SSSR count). The summed E-state index contributed by atoms with van der Waals surface area (Å²) in [5.74, 6) is 1.43. The van der Waals surface area contributed by atoms with Gasteiger partial charge in [0.2, 0.25) is 5.91 Å². The highest BCUT2D eigenvalue weighted by atomic mass is 16.6. The second kappa shape index (κ2) is 11.6. The Morgan fingerprint density at radius 1 is 1.13 bits per heavy atom. The zero-order valence-electron chi connectivity index (χ0n) is 17.7. The molecule has 0 saturated carbocycles. The van der Waals surface area contributed by atoms with Crippen molar-refractivity contribution in [3.8, 4) is 11.5 Å². The molecule has 30 heavy (non-hydrogen) atoms. The van der Waals surface area contributed by atoms with E-state index in [0.29, 0.717) is 50.6 Å². The lowest BCUT2D eigenvalue weighted by Gasteiger charge is -2.22. The Labute approximate surface area is 176 Å². The SMILES string of the molecule is CCOc1ccc(CN(CC)C(=O)CCCNc2ccc([N+](=O)[O-])cc2)cc1OC. The molecule has 0 bridgehead atoms. The van der Waals surface area contributed by atoms with Gasteiger partial charge in [-0.3, -0.25) is 14.9 Å². The number of methoxy groups -OCH3 is 1. The van der Waals surface area contributed by atoms with Gasteiger partial charge in [0.1, 0.15) is 0 Å². The minimum Gasteiger partial charge on any atom is -0.493 e. The molecule has 162 valence electrons. The number of non-ortho nitro benzene ring substituents is 1. The summed E-state index contributed by atoms with van der Waals surface area (Å²) in [5, 5.41) is 13.9. The number of anilines is 1. The smallest absolute Gasteiger partial charge is 0.269 e. The molecule has 1 N–H and O–H groups in total. The average molecular weight is 415 g/mol. The summed E-state index contributed by atoms with van der Waals surface area (Å²) in [6, 6.07) is 11.9. The van der Waals surface area contributed by atoms with Crippen LogP contribution in [0.5, 0.6) is 11.5 Å². The molecular weight excluding hydrogens is 386 g/mol. The van der Waals surface area contributed by atoms with E-state index in [1.165, 1.54) is 12.1 Å². The number of nitro groups is 1. The van der Waals surface area contributed by atoms with Gasteiger partial charge in [-0.1, -0.05) is 6.07 Å². The number of rotatable bonds is 12. The highest BCUT2D eigenvalue weighted by Crippen LogP contribution is 2.28. The molecule has 2 aromatic carbocycles. The van der Waals surface area contributed by atoms with Crippen LogP contribution < -0.4 is 14.8 Å². The monoisotopic (exact) mass is 415 g/mol. The van der Waals surface area contributed by atoms with Gasteiger partial charge >= 0.3 is 0 Å². The van der Waals surface area contributed by atoms with Gasteiger partial charge in [-0.2, -0.15) is 0 Å². The molecule has 0 heterocycles. The van der Waals surface area contributed by atoms with Gasteiger partial charge in [-0.25, -0.2) is 0 Å². The number of hydrogen-bond acceptors (Lipinski definition) is 6. The third-order valence-electron chi connectivity index (χ3n) is 4.61. The van der Waals surface area contributed by atoms with Crippen molar-refractivity contribution in [3.63, 3.8) is 0 Å². The van der Waals surface area contributed by atoms with E-state index in [4.69, 9.17) is 9.47 Å². The first-order valence-electron chi connectivity index (χ1n) is 10.0. The minimum absolute atomic E-state index is 0.0558. The first-order valence-corrected chi connectivity index (χ1v) is 10.0. The maximum atomic E-state index is 12.6. The number of nitrogens with one attached hydrogen (secondary N) is 1. The van der Waals surface area contributed by atoms with Crippen LogP contribution in [-0.4, -0.2) is 42.5 Å². The van der Waals surface area contributed by atoms with Gasteiger partial charge in [-0.05, 0) is 50.1 Å². The van der Waals surface area contributed by atoms with E-state index >= 15 is 0 Å². The Kier molecular flexibility index (Phi) is 8.93. The number of carbonyl (C=O) groups is 1. The third kappa shape index (κ3) is 6.65. The van der Waals surface area contributed by atoms with Gasteiger partial charge in [0.15, 0.2) is 11.5 Å². The van der Waals surface area contributed by atoms with Crippen LogP contribution in [0.25, 0.3) is 0 Å². The number of hydrogen-bond donors (Lipinski definition) is 1. The molecule has 0 atom stereocenters. The molecule has 0 spiro atoms. The van der Waals surface area contributed by atoms with Crippen molar-refractivity contribution in [3.05, 3.63) is 58.1 Å². The summed E-state index contributed by atoms with van der Waals surface area (Å²) in [7, 11) is 1.60. The Morgan fingerprint density at radius 2 is 1.87 bits per heavy atom. The van der Waals surface area contributed by atoms with E-state index in [-0.39, 0.29) is 11.6 Å². The van der Waals surface area contributed by atoms with Crippen LogP contribution in [0.2, 0.25) is 0 Å². The molecule has 0 saturated heterocycles. The topological polar surface area (TPSA) is 93.9 Å². The standard InChI is InChI=1S/C22H29N3O5/c1-4-24(16-17-8-13-20(30-5-2)21(15-17)29-3)22(26)7-6-14-23-18-9-11-19(12-10-18)25(27)28/h8-13,15,23H,4-7,14,16H2,1-3H3. The fourth-order valence-electron chi connectivity index (χ4n) is 3.01. The first-order chi connectivity index (χ1) is 14.5. The van der Waals surface area contributed by atoms with Crippen LogP contribution in [0.1, 0.15) is 32.3 Å². The summed E-state index contributed by atoms with van der Waals surface area (Å²) in [6.45, 7) is 6.17. The fourth-order valence-corrected chi connectivity index (χ4v) is 3.01. The van der Waals surface area contributed by atoms with Crippen molar-refractivity contribution in [2.75, 3.05) is 32.1 Å². The minimum atomic E-state index is -0.429. The molecule has 8 nitrogen and oxygen atoms in total. The van der Waals surface area contributed by atoms with Gasteiger partial charge in [-0.15, -0.1) is 0 Å². The predicted molar refractivity (Wildman–Crippen MR) is 116 cm³/mol. The molecule has 0 aromatic heterocycles. The second-order valence-corrected chi connectivity index (χ2v) is 6.66. The Morgan fingerprint density at radius 3 is 2.47 bits per heavy atom. The summed E-state index contributed by atoms with van der Waals surface area (Å²) in [4.78, 5) is 24.7. The number of benzene rings is 2. The summed E-state index contributed by atoms with van der Waals surface area (Å²) in [6.07, 6.45) is 1.08. The normalized spacial score (nSPS) is 10.4. The first kappa shape index (κ1) is 23.0. The summed E-state index contributed by atoms with van der Waals surface area (Å²) < 4.78 is 10.9. The van der Waals surface area contributed by atoms with E-state index < -0.39 is 4.92 Å². The molecule has 0 aliphatic heterocycles. The Hall–Kier alpha value is -3.29. The summed E-state index contributed by atoms with van der Waals surface area (Å²) in [5.41, 5.74) is 1.83. The number of nitrogens with zero attached hydrogens (tertiary/aromatic N) is 2. The van der Waals surface area contributed by atoms with Gasteiger partial charge in [0.25, 0.3) is 5.69 Å². The molecule has 1 amide bonds. The molecule has 0 unspecified atom stereocenters. The van der Waals surface area contributed by atoms with Crippen LogP contribution in [0, 0.1) is 10.1 Å². The molecule has 0 aliphatic carbocycles. The summed E-state index contributed by atoms with van der Waals surface area (Å²) >= 11 is 0. The Bertz CT molecular complexity index is 839. The highest BCUT2D eigenvalue weighted by Gasteiger charge is 2.14. The van der Waals surface area contributed by atoms with Crippen LogP contribution in [-0.2, 0) is 11.3 Å². The Balaban J connectivity index is 1.83. The van der Waals surface area contributed by atoms with Gasteiger partial charge < -0.3 is 19.7 Å². The van der Waals surface area contributed by atoms with Crippen molar-refractivity contribution in [2.24, 2.45) is 0 Å². The van der Waals surface area contributed by atoms with E-state index in [0.717, 1.165) is 11.3 Å². The van der Waals surface area contributed by atoms with E-state index in [2.05, 4.69) is 5.32 Å². The van der Waals surface area contributed by atoms with Gasteiger partial charge in [0, 0.05) is 43.9 Å². The molecule has 0 aliphatic rings. The molecule has 0 radical (unpaired) electrons.